The van der Waals surface area contributed by atoms with Crippen molar-refractivity contribution in [2.24, 2.45) is 0 Å². The molecule has 2 aromatic rings. The van der Waals surface area contributed by atoms with Crippen LogP contribution in [-0.4, -0.2) is 67.2 Å². The third-order valence-electron chi connectivity index (χ3n) is 6.34. The second-order valence-electron chi connectivity index (χ2n) is 8.33. The number of urea groups is 1. The van der Waals surface area contributed by atoms with Gasteiger partial charge in [-0.25, -0.2) is 4.79 Å². The van der Waals surface area contributed by atoms with Crippen molar-refractivity contribution >= 4 is 35.1 Å². The summed E-state index contributed by atoms with van der Waals surface area (Å²) in [6.45, 7) is 3.62. The Labute approximate surface area is 195 Å². The highest BCUT2D eigenvalue weighted by molar-refractivity contribution is 6.33. The molecule has 2 aromatic carbocycles. The van der Waals surface area contributed by atoms with Gasteiger partial charge in [0.25, 0.3) is 5.91 Å². The first-order valence-corrected chi connectivity index (χ1v) is 11.1. The molecule has 9 nitrogen and oxygen atoms in total. The molecule has 2 saturated heterocycles. The van der Waals surface area contributed by atoms with Crippen molar-refractivity contribution in [3.8, 4) is 11.5 Å². The first-order valence-electron chi connectivity index (χ1n) is 10.7. The minimum Gasteiger partial charge on any atom is -0.454 e. The van der Waals surface area contributed by atoms with E-state index in [-0.39, 0.29) is 19.2 Å². The van der Waals surface area contributed by atoms with Crippen molar-refractivity contribution < 1.29 is 23.9 Å². The summed E-state index contributed by atoms with van der Waals surface area (Å²) < 4.78 is 10.7. The highest BCUT2D eigenvalue weighted by Gasteiger charge is 2.50. The molecule has 0 saturated carbocycles. The molecule has 172 valence electrons. The molecule has 0 spiro atoms. The number of nitrogens with zero attached hydrogens (tertiary/aromatic N) is 3. The van der Waals surface area contributed by atoms with Gasteiger partial charge in [-0.2, -0.15) is 0 Å². The van der Waals surface area contributed by atoms with Crippen LogP contribution in [0.4, 0.5) is 10.5 Å². The number of benzene rings is 2. The Hall–Kier alpha value is -3.46. The van der Waals surface area contributed by atoms with E-state index in [1.807, 2.05) is 24.3 Å². The van der Waals surface area contributed by atoms with E-state index in [2.05, 4.69) is 10.2 Å². The molecule has 1 atom stereocenters. The predicted molar refractivity (Wildman–Crippen MR) is 120 cm³/mol. The van der Waals surface area contributed by atoms with Gasteiger partial charge in [-0.15, -0.1) is 0 Å². The van der Waals surface area contributed by atoms with Crippen LogP contribution in [0.2, 0.25) is 5.02 Å². The molecular formula is C23H23ClN4O5. The lowest BCUT2D eigenvalue weighted by atomic mass is 9.91. The first-order chi connectivity index (χ1) is 15.9. The summed E-state index contributed by atoms with van der Waals surface area (Å²) in [6, 6.07) is 12.1. The lowest BCUT2D eigenvalue weighted by Gasteiger charge is -2.36. The van der Waals surface area contributed by atoms with Crippen molar-refractivity contribution in [3.63, 3.8) is 0 Å². The maximum absolute atomic E-state index is 13.2. The Bertz CT molecular complexity index is 1130. The molecule has 4 amide bonds. The molecule has 0 radical (unpaired) electrons. The zero-order chi connectivity index (χ0) is 23.2. The van der Waals surface area contributed by atoms with Crippen LogP contribution in [-0.2, 0) is 15.1 Å². The molecule has 10 heteroatoms. The van der Waals surface area contributed by atoms with Crippen LogP contribution >= 0.6 is 11.6 Å². The zero-order valence-electron chi connectivity index (χ0n) is 18.0. The molecule has 3 aliphatic heterocycles. The molecule has 5 rings (SSSR count). The fraction of sp³-hybridized carbons (Fsp3) is 0.348. The number of ether oxygens (including phenoxy) is 2. The largest absolute Gasteiger partial charge is 0.454 e. The van der Waals surface area contributed by atoms with Gasteiger partial charge in [0.05, 0.1) is 10.7 Å². The number of rotatable bonds is 4. The molecule has 2 fully saturated rings. The van der Waals surface area contributed by atoms with Gasteiger partial charge in [-0.1, -0.05) is 29.8 Å². The Balaban J connectivity index is 1.24. The normalized spacial score (nSPS) is 22.1. The quantitative estimate of drug-likeness (QED) is 0.689. The number of hydrogen-bond donors (Lipinski definition) is 1. The SMILES string of the molecule is CC1(c2ccc3c(c2)OCO3)NC(=O)N(CC(=O)N2CCN(c3ccccc3Cl)CC2)C1=O. The summed E-state index contributed by atoms with van der Waals surface area (Å²) in [5, 5.41) is 3.39. The van der Waals surface area contributed by atoms with Crippen molar-refractivity contribution in [3.05, 3.63) is 53.1 Å². The van der Waals surface area contributed by atoms with Crippen LogP contribution in [0.1, 0.15) is 12.5 Å². The summed E-state index contributed by atoms with van der Waals surface area (Å²) in [6.07, 6.45) is 0. The third kappa shape index (κ3) is 3.72. The van der Waals surface area contributed by atoms with E-state index in [0.717, 1.165) is 10.6 Å². The molecule has 0 aliphatic carbocycles. The van der Waals surface area contributed by atoms with Gasteiger partial charge in [0.2, 0.25) is 12.7 Å². The Morgan fingerprint density at radius 1 is 1.06 bits per heavy atom. The van der Waals surface area contributed by atoms with Crippen LogP contribution in [0.25, 0.3) is 0 Å². The van der Waals surface area contributed by atoms with E-state index in [9.17, 15) is 14.4 Å². The van der Waals surface area contributed by atoms with Gasteiger partial charge in [-0.3, -0.25) is 14.5 Å². The standard InChI is InChI=1S/C23H23ClN4O5/c1-23(15-6-7-18-19(12-15)33-14-32-18)21(30)28(22(31)25-23)13-20(29)27-10-8-26(9-11-27)17-5-3-2-4-16(17)24/h2-7,12H,8-11,13-14H2,1H3,(H,25,31). The Kier molecular flexibility index (Phi) is 5.28. The highest BCUT2D eigenvalue weighted by atomic mass is 35.5. The average Bonchev–Trinajstić information content (AvgIpc) is 3.38. The van der Waals surface area contributed by atoms with E-state index >= 15 is 0 Å². The van der Waals surface area contributed by atoms with Crippen molar-refractivity contribution in [1.29, 1.82) is 0 Å². The predicted octanol–water partition coefficient (Wildman–Crippen LogP) is 2.18. The minimum absolute atomic E-state index is 0.111. The topological polar surface area (TPSA) is 91.4 Å². The smallest absolute Gasteiger partial charge is 0.325 e. The maximum Gasteiger partial charge on any atom is 0.325 e. The fourth-order valence-electron chi connectivity index (χ4n) is 4.38. The molecule has 33 heavy (non-hydrogen) atoms. The molecule has 1 unspecified atom stereocenters. The fourth-order valence-corrected chi connectivity index (χ4v) is 4.64. The summed E-state index contributed by atoms with van der Waals surface area (Å²) in [7, 11) is 0. The molecule has 0 bridgehead atoms. The summed E-state index contributed by atoms with van der Waals surface area (Å²) >= 11 is 6.28. The maximum atomic E-state index is 13.2. The number of carbonyl (C=O) groups excluding carboxylic acids is 3. The highest BCUT2D eigenvalue weighted by Crippen LogP contribution is 2.38. The first kappa shape index (κ1) is 21.4. The molecule has 3 aliphatic rings. The molecule has 0 aromatic heterocycles. The second-order valence-corrected chi connectivity index (χ2v) is 8.74. The van der Waals surface area contributed by atoms with Gasteiger partial charge in [0.15, 0.2) is 11.5 Å². The molecular weight excluding hydrogens is 448 g/mol. The van der Waals surface area contributed by atoms with Crippen LogP contribution < -0.4 is 19.7 Å². The number of nitrogens with one attached hydrogen (secondary N) is 1. The lowest BCUT2D eigenvalue weighted by Crippen LogP contribution is -2.52. The van der Waals surface area contributed by atoms with Crippen LogP contribution in [0.15, 0.2) is 42.5 Å². The van der Waals surface area contributed by atoms with Gasteiger partial charge in [-0.05, 0) is 36.8 Å². The molecule has 3 heterocycles. The number of hydrogen-bond acceptors (Lipinski definition) is 6. The van der Waals surface area contributed by atoms with Crippen LogP contribution in [0.3, 0.4) is 0 Å². The number of fused-ring (bicyclic) bond motifs is 1. The number of carbonyl (C=O) groups is 3. The molecule has 1 N–H and O–H groups in total. The van der Waals surface area contributed by atoms with Crippen molar-refractivity contribution in [2.75, 3.05) is 44.4 Å². The number of anilines is 1. The van der Waals surface area contributed by atoms with Gasteiger partial charge >= 0.3 is 6.03 Å². The summed E-state index contributed by atoms with van der Waals surface area (Å²) in [5.41, 5.74) is 0.203. The Morgan fingerprint density at radius 2 is 1.79 bits per heavy atom. The van der Waals surface area contributed by atoms with Gasteiger partial charge in [0, 0.05) is 26.2 Å². The van der Waals surface area contributed by atoms with Crippen molar-refractivity contribution in [1.82, 2.24) is 15.1 Å². The number of imide groups is 1. The Morgan fingerprint density at radius 3 is 2.55 bits per heavy atom. The average molecular weight is 471 g/mol. The third-order valence-corrected chi connectivity index (χ3v) is 6.66. The van der Waals surface area contributed by atoms with Crippen LogP contribution in [0.5, 0.6) is 11.5 Å². The van der Waals surface area contributed by atoms with E-state index < -0.39 is 17.5 Å². The second kappa shape index (κ2) is 8.15. The zero-order valence-corrected chi connectivity index (χ0v) is 18.8. The summed E-state index contributed by atoms with van der Waals surface area (Å²) in [5.74, 6) is 0.352. The van der Waals surface area contributed by atoms with E-state index in [0.29, 0.717) is 48.3 Å². The number of halogens is 1. The van der Waals surface area contributed by atoms with Gasteiger partial charge in [0.1, 0.15) is 12.1 Å². The summed E-state index contributed by atoms with van der Waals surface area (Å²) in [4.78, 5) is 43.6. The number of para-hydroxylation sites is 1. The van der Waals surface area contributed by atoms with Crippen molar-refractivity contribution in [2.45, 2.75) is 12.5 Å². The van der Waals surface area contributed by atoms with E-state index in [4.69, 9.17) is 21.1 Å². The number of amides is 4. The lowest BCUT2D eigenvalue weighted by molar-refractivity contribution is -0.139. The van der Waals surface area contributed by atoms with E-state index in [1.54, 1.807) is 30.0 Å². The minimum atomic E-state index is -1.29. The van der Waals surface area contributed by atoms with Crippen LogP contribution in [0, 0.1) is 0 Å². The van der Waals surface area contributed by atoms with E-state index in [1.165, 1.54) is 0 Å². The monoisotopic (exact) mass is 470 g/mol. The number of piperazine rings is 1. The van der Waals surface area contributed by atoms with Gasteiger partial charge < -0.3 is 24.6 Å².